The summed E-state index contributed by atoms with van der Waals surface area (Å²) in [5.74, 6) is -1.38. The van der Waals surface area contributed by atoms with Crippen LogP contribution in [0.2, 0.25) is 0 Å². The third-order valence-corrected chi connectivity index (χ3v) is 3.01. The Morgan fingerprint density at radius 2 is 2.15 bits per heavy atom. The summed E-state index contributed by atoms with van der Waals surface area (Å²) < 4.78 is 0. The Hall–Kier alpha value is -0.570. The van der Waals surface area contributed by atoms with Gasteiger partial charge in [0.1, 0.15) is 0 Å². The van der Waals surface area contributed by atoms with Crippen molar-refractivity contribution in [1.29, 1.82) is 0 Å². The fraction of sp³-hybridized carbons (Fsp3) is 0.900. The molecule has 0 aromatic rings. The number of aliphatic hydroxyl groups is 1. The molecule has 0 saturated heterocycles. The van der Waals surface area contributed by atoms with E-state index in [1.54, 1.807) is 0 Å². The van der Waals surface area contributed by atoms with E-state index in [0.29, 0.717) is 19.3 Å². The van der Waals surface area contributed by atoms with Gasteiger partial charge in [-0.05, 0) is 25.7 Å². The second kappa shape index (κ2) is 4.09. The molecule has 0 radical (unpaired) electrons. The van der Waals surface area contributed by atoms with Gasteiger partial charge in [-0.1, -0.05) is 19.8 Å². The number of hydrogen-bond acceptors (Lipinski definition) is 2. The van der Waals surface area contributed by atoms with Gasteiger partial charge >= 0.3 is 5.97 Å². The summed E-state index contributed by atoms with van der Waals surface area (Å²) in [7, 11) is 0. The standard InChI is InChI=1S/C10H18O3/c1-2-3-5-8(9(11)12)10(13)6-4-7-10/h8,13H,2-7H2,1H3,(H,11,12). The highest BCUT2D eigenvalue weighted by Gasteiger charge is 2.45. The lowest BCUT2D eigenvalue weighted by molar-refractivity contribution is -0.160. The molecule has 1 aliphatic rings. The third kappa shape index (κ3) is 2.21. The number of hydrogen-bond donors (Lipinski definition) is 2. The zero-order chi connectivity index (χ0) is 9.90. The molecule has 13 heavy (non-hydrogen) atoms. The number of rotatable bonds is 5. The van der Waals surface area contributed by atoms with Crippen LogP contribution in [0, 0.1) is 5.92 Å². The van der Waals surface area contributed by atoms with Crippen LogP contribution in [-0.4, -0.2) is 21.8 Å². The van der Waals surface area contributed by atoms with Gasteiger partial charge in [-0.3, -0.25) is 4.79 Å². The van der Waals surface area contributed by atoms with E-state index in [9.17, 15) is 9.90 Å². The van der Waals surface area contributed by atoms with Gasteiger partial charge in [0, 0.05) is 0 Å². The molecule has 0 aromatic carbocycles. The fourth-order valence-electron chi connectivity index (χ4n) is 1.92. The lowest BCUT2D eigenvalue weighted by Crippen LogP contribution is -2.47. The zero-order valence-electron chi connectivity index (χ0n) is 8.12. The Morgan fingerprint density at radius 3 is 2.46 bits per heavy atom. The van der Waals surface area contributed by atoms with Crippen LogP contribution in [0.25, 0.3) is 0 Å². The average Bonchev–Trinajstić information content (AvgIpc) is 2.01. The number of carboxylic acids is 1. The van der Waals surface area contributed by atoms with Gasteiger partial charge in [-0.15, -0.1) is 0 Å². The summed E-state index contributed by atoms with van der Waals surface area (Å²) in [6, 6.07) is 0. The molecule has 0 heterocycles. The van der Waals surface area contributed by atoms with Crippen molar-refractivity contribution in [2.45, 2.75) is 51.0 Å². The van der Waals surface area contributed by atoms with Crippen LogP contribution < -0.4 is 0 Å². The first-order valence-corrected chi connectivity index (χ1v) is 5.05. The summed E-state index contributed by atoms with van der Waals surface area (Å²) in [6.07, 6.45) is 4.77. The predicted octanol–water partition coefficient (Wildman–Crippen LogP) is 1.79. The van der Waals surface area contributed by atoms with Crippen LogP contribution >= 0.6 is 0 Å². The number of aliphatic carboxylic acids is 1. The second-order valence-electron chi connectivity index (χ2n) is 3.99. The van der Waals surface area contributed by atoms with E-state index < -0.39 is 17.5 Å². The van der Waals surface area contributed by atoms with Crippen molar-refractivity contribution in [3.63, 3.8) is 0 Å². The minimum absolute atomic E-state index is 0.541. The Balaban J connectivity index is 2.51. The van der Waals surface area contributed by atoms with E-state index in [1.165, 1.54) is 0 Å². The number of carbonyl (C=O) groups is 1. The highest BCUT2D eigenvalue weighted by molar-refractivity contribution is 5.71. The summed E-state index contributed by atoms with van der Waals surface area (Å²) in [6.45, 7) is 2.03. The molecule has 0 spiro atoms. The van der Waals surface area contributed by atoms with Crippen molar-refractivity contribution in [2.24, 2.45) is 5.92 Å². The average molecular weight is 186 g/mol. The zero-order valence-corrected chi connectivity index (χ0v) is 8.12. The number of carboxylic acid groups (broad SMARTS) is 1. The Bertz CT molecular complexity index is 185. The molecule has 1 rings (SSSR count). The van der Waals surface area contributed by atoms with Crippen LogP contribution in [0.1, 0.15) is 45.4 Å². The van der Waals surface area contributed by atoms with E-state index in [4.69, 9.17) is 5.11 Å². The minimum atomic E-state index is -0.888. The molecule has 0 aromatic heterocycles. The topological polar surface area (TPSA) is 57.5 Å². The molecular weight excluding hydrogens is 168 g/mol. The SMILES string of the molecule is CCCCC(C(=O)O)C1(O)CCC1. The first-order valence-electron chi connectivity index (χ1n) is 5.05. The molecule has 0 aliphatic heterocycles. The van der Waals surface area contributed by atoms with Crippen LogP contribution in [-0.2, 0) is 4.79 Å². The van der Waals surface area contributed by atoms with E-state index in [-0.39, 0.29) is 0 Å². The molecule has 2 N–H and O–H groups in total. The van der Waals surface area contributed by atoms with Crippen molar-refractivity contribution in [3.8, 4) is 0 Å². The van der Waals surface area contributed by atoms with Gasteiger partial charge in [0.2, 0.25) is 0 Å². The molecule has 1 saturated carbocycles. The second-order valence-corrected chi connectivity index (χ2v) is 3.99. The largest absolute Gasteiger partial charge is 0.481 e. The molecule has 3 heteroatoms. The first kappa shape index (κ1) is 10.5. The minimum Gasteiger partial charge on any atom is -0.481 e. The van der Waals surface area contributed by atoms with Gasteiger partial charge in [-0.25, -0.2) is 0 Å². The van der Waals surface area contributed by atoms with E-state index in [0.717, 1.165) is 19.3 Å². The van der Waals surface area contributed by atoms with Crippen LogP contribution in [0.15, 0.2) is 0 Å². The van der Waals surface area contributed by atoms with Crippen LogP contribution in [0.5, 0.6) is 0 Å². The maximum Gasteiger partial charge on any atom is 0.309 e. The van der Waals surface area contributed by atoms with Gasteiger partial charge in [-0.2, -0.15) is 0 Å². The van der Waals surface area contributed by atoms with Crippen molar-refractivity contribution in [1.82, 2.24) is 0 Å². The number of unbranched alkanes of at least 4 members (excludes halogenated alkanes) is 1. The molecule has 0 bridgehead atoms. The normalized spacial score (nSPS) is 22.0. The fourth-order valence-corrected chi connectivity index (χ4v) is 1.92. The Morgan fingerprint density at radius 1 is 1.54 bits per heavy atom. The third-order valence-electron chi connectivity index (χ3n) is 3.01. The van der Waals surface area contributed by atoms with Crippen molar-refractivity contribution >= 4 is 5.97 Å². The lowest BCUT2D eigenvalue weighted by Gasteiger charge is -2.41. The predicted molar refractivity (Wildman–Crippen MR) is 49.5 cm³/mol. The van der Waals surface area contributed by atoms with Gasteiger partial charge in [0.25, 0.3) is 0 Å². The van der Waals surface area contributed by atoms with E-state index in [1.807, 2.05) is 6.92 Å². The molecule has 0 amide bonds. The quantitative estimate of drug-likeness (QED) is 0.688. The van der Waals surface area contributed by atoms with Gasteiger partial charge in [0.15, 0.2) is 0 Å². The molecular formula is C10H18O3. The molecule has 1 unspecified atom stereocenters. The molecule has 1 atom stereocenters. The highest BCUT2D eigenvalue weighted by Crippen LogP contribution is 2.40. The van der Waals surface area contributed by atoms with E-state index in [2.05, 4.69) is 0 Å². The summed E-state index contributed by atoms with van der Waals surface area (Å²) in [5, 5.41) is 18.8. The summed E-state index contributed by atoms with van der Waals surface area (Å²) in [4.78, 5) is 10.9. The van der Waals surface area contributed by atoms with Gasteiger partial charge in [0.05, 0.1) is 11.5 Å². The highest BCUT2D eigenvalue weighted by atomic mass is 16.4. The van der Waals surface area contributed by atoms with Crippen LogP contribution in [0.4, 0.5) is 0 Å². The van der Waals surface area contributed by atoms with E-state index >= 15 is 0 Å². The maximum atomic E-state index is 10.9. The Labute approximate surface area is 78.8 Å². The van der Waals surface area contributed by atoms with Crippen molar-refractivity contribution in [3.05, 3.63) is 0 Å². The smallest absolute Gasteiger partial charge is 0.309 e. The van der Waals surface area contributed by atoms with Gasteiger partial charge < -0.3 is 10.2 Å². The van der Waals surface area contributed by atoms with Crippen molar-refractivity contribution < 1.29 is 15.0 Å². The summed E-state index contributed by atoms with van der Waals surface area (Å²) >= 11 is 0. The maximum absolute atomic E-state index is 10.9. The summed E-state index contributed by atoms with van der Waals surface area (Å²) in [5.41, 5.74) is -0.888. The Kier molecular flexibility index (Phi) is 3.31. The molecule has 1 fully saturated rings. The molecule has 3 nitrogen and oxygen atoms in total. The van der Waals surface area contributed by atoms with Crippen molar-refractivity contribution in [2.75, 3.05) is 0 Å². The monoisotopic (exact) mass is 186 g/mol. The van der Waals surface area contributed by atoms with Crippen LogP contribution in [0.3, 0.4) is 0 Å². The first-order chi connectivity index (χ1) is 6.10. The molecule has 1 aliphatic carbocycles. The lowest BCUT2D eigenvalue weighted by atomic mass is 9.69. The molecule has 76 valence electrons.